The fourth-order valence-corrected chi connectivity index (χ4v) is 2.75. The van der Waals surface area contributed by atoms with Gasteiger partial charge >= 0.3 is 0 Å². The van der Waals surface area contributed by atoms with Crippen molar-refractivity contribution in [1.82, 2.24) is 10.3 Å². The van der Waals surface area contributed by atoms with Crippen LogP contribution in [0.15, 0.2) is 42.7 Å². The Hall–Kier alpha value is -2.69. The summed E-state index contributed by atoms with van der Waals surface area (Å²) >= 11 is 0. The van der Waals surface area contributed by atoms with Crippen LogP contribution in [0.2, 0.25) is 0 Å². The van der Waals surface area contributed by atoms with E-state index in [-0.39, 0.29) is 24.0 Å². The maximum atomic E-state index is 12.6. The summed E-state index contributed by atoms with van der Waals surface area (Å²) in [5, 5.41) is 3.54. The number of piperidine rings is 1. The summed E-state index contributed by atoms with van der Waals surface area (Å²) in [6.07, 6.45) is 3.09. The van der Waals surface area contributed by atoms with Gasteiger partial charge in [0.2, 0.25) is 5.91 Å². The fraction of sp³-hybridized carbons (Fsp3) is 0.235. The highest BCUT2D eigenvalue weighted by atomic mass is 16.2. The van der Waals surface area contributed by atoms with Crippen molar-refractivity contribution in [2.45, 2.75) is 19.3 Å². The Bertz CT molecular complexity index is 783. The molecule has 1 aliphatic rings. The lowest BCUT2D eigenvalue weighted by atomic mass is 9.89. The van der Waals surface area contributed by atoms with E-state index in [1.54, 1.807) is 18.2 Å². The molecule has 5 nitrogen and oxygen atoms in total. The molecule has 22 heavy (non-hydrogen) atoms. The standard InChI is InChI=1S/C17H17N3O2/c1-10-5-6-12(17(22)20-10)8-15(21)14-4-2-3-11-7-13(18)9-19-16(11)14/h2-4,7,9,12H,1,5-6,8,18H2,(H,20,22). The summed E-state index contributed by atoms with van der Waals surface area (Å²) in [5.74, 6) is -0.500. The molecule has 1 aromatic carbocycles. The second-order valence-electron chi connectivity index (χ2n) is 5.60. The van der Waals surface area contributed by atoms with Gasteiger partial charge in [0, 0.05) is 29.0 Å². The number of benzene rings is 1. The Kier molecular flexibility index (Phi) is 3.63. The van der Waals surface area contributed by atoms with Crippen molar-refractivity contribution in [2.75, 3.05) is 5.73 Å². The number of nitrogens with two attached hydrogens (primary N) is 1. The van der Waals surface area contributed by atoms with E-state index >= 15 is 0 Å². The number of carbonyl (C=O) groups excluding carboxylic acids is 2. The summed E-state index contributed by atoms with van der Waals surface area (Å²) in [6, 6.07) is 7.20. The van der Waals surface area contributed by atoms with Gasteiger partial charge in [0.05, 0.1) is 17.4 Å². The Morgan fingerprint density at radius 3 is 3.05 bits per heavy atom. The number of aromatic nitrogens is 1. The summed E-state index contributed by atoms with van der Waals surface area (Å²) < 4.78 is 0. The maximum Gasteiger partial charge on any atom is 0.227 e. The first-order valence-electron chi connectivity index (χ1n) is 7.20. The number of hydrogen-bond donors (Lipinski definition) is 2. The van der Waals surface area contributed by atoms with Crippen LogP contribution in [0.3, 0.4) is 0 Å². The molecule has 2 heterocycles. The van der Waals surface area contributed by atoms with Crippen molar-refractivity contribution >= 4 is 28.3 Å². The molecule has 3 N–H and O–H groups in total. The average molecular weight is 295 g/mol. The molecule has 1 saturated heterocycles. The number of carbonyl (C=O) groups is 2. The van der Waals surface area contributed by atoms with Crippen molar-refractivity contribution in [3.8, 4) is 0 Å². The van der Waals surface area contributed by atoms with E-state index in [0.717, 1.165) is 11.1 Å². The van der Waals surface area contributed by atoms with Gasteiger partial charge in [-0.1, -0.05) is 18.7 Å². The molecular weight excluding hydrogens is 278 g/mol. The first-order chi connectivity index (χ1) is 10.5. The second-order valence-corrected chi connectivity index (χ2v) is 5.60. The van der Waals surface area contributed by atoms with Crippen LogP contribution in [-0.2, 0) is 4.79 Å². The lowest BCUT2D eigenvalue weighted by Gasteiger charge is -2.22. The number of rotatable bonds is 3. The fourth-order valence-electron chi connectivity index (χ4n) is 2.75. The number of allylic oxidation sites excluding steroid dienone is 1. The van der Waals surface area contributed by atoms with Crippen LogP contribution in [0.4, 0.5) is 5.69 Å². The van der Waals surface area contributed by atoms with Crippen molar-refractivity contribution in [3.63, 3.8) is 0 Å². The molecule has 0 aliphatic carbocycles. The molecule has 2 aromatic rings. The van der Waals surface area contributed by atoms with Crippen LogP contribution in [-0.4, -0.2) is 16.7 Å². The number of pyridine rings is 1. The average Bonchev–Trinajstić information content (AvgIpc) is 2.49. The highest BCUT2D eigenvalue weighted by Crippen LogP contribution is 2.25. The largest absolute Gasteiger partial charge is 0.397 e. The Balaban J connectivity index is 1.86. The van der Waals surface area contributed by atoms with E-state index in [9.17, 15) is 9.59 Å². The summed E-state index contributed by atoms with van der Waals surface area (Å²) in [7, 11) is 0. The van der Waals surface area contributed by atoms with Crippen molar-refractivity contribution < 1.29 is 9.59 Å². The van der Waals surface area contributed by atoms with E-state index in [1.165, 1.54) is 6.20 Å². The molecule has 1 aliphatic heterocycles. The first-order valence-corrected chi connectivity index (χ1v) is 7.20. The van der Waals surface area contributed by atoms with Crippen LogP contribution in [0, 0.1) is 5.92 Å². The van der Waals surface area contributed by atoms with Crippen LogP contribution < -0.4 is 11.1 Å². The third kappa shape index (κ3) is 2.70. The third-order valence-electron chi connectivity index (χ3n) is 3.93. The van der Waals surface area contributed by atoms with Crippen LogP contribution >= 0.6 is 0 Å². The molecule has 5 heteroatoms. The van der Waals surface area contributed by atoms with E-state index in [4.69, 9.17) is 5.73 Å². The van der Waals surface area contributed by atoms with Crippen molar-refractivity contribution in [2.24, 2.45) is 5.92 Å². The molecule has 0 saturated carbocycles. The zero-order chi connectivity index (χ0) is 15.7. The minimum Gasteiger partial charge on any atom is -0.397 e. The van der Waals surface area contributed by atoms with Gasteiger partial charge in [-0.15, -0.1) is 0 Å². The van der Waals surface area contributed by atoms with Crippen LogP contribution in [0.25, 0.3) is 10.9 Å². The molecule has 0 spiro atoms. The predicted molar refractivity (Wildman–Crippen MR) is 85.1 cm³/mol. The maximum absolute atomic E-state index is 12.6. The van der Waals surface area contributed by atoms with Gasteiger partial charge in [-0.3, -0.25) is 14.6 Å². The topological polar surface area (TPSA) is 85.1 Å². The summed E-state index contributed by atoms with van der Waals surface area (Å²) in [6.45, 7) is 3.75. The highest BCUT2D eigenvalue weighted by molar-refractivity contribution is 6.08. The minimum atomic E-state index is -0.304. The van der Waals surface area contributed by atoms with Gasteiger partial charge in [-0.25, -0.2) is 0 Å². The molecular formula is C17H17N3O2. The van der Waals surface area contributed by atoms with E-state index in [1.807, 2.05) is 6.07 Å². The number of ketones is 1. The number of para-hydroxylation sites is 1. The molecule has 112 valence electrons. The number of amides is 1. The number of fused-ring (bicyclic) bond motifs is 1. The van der Waals surface area contributed by atoms with E-state index in [2.05, 4.69) is 16.9 Å². The Morgan fingerprint density at radius 2 is 2.27 bits per heavy atom. The monoisotopic (exact) mass is 295 g/mol. The first kappa shape index (κ1) is 14.3. The SMILES string of the molecule is C=C1CCC(CC(=O)c2cccc3cc(N)cnc23)C(=O)N1. The molecule has 1 fully saturated rings. The van der Waals surface area contributed by atoms with Crippen molar-refractivity contribution in [1.29, 1.82) is 0 Å². The number of nitrogens with zero attached hydrogens (tertiary/aromatic N) is 1. The Morgan fingerprint density at radius 1 is 1.45 bits per heavy atom. The van der Waals surface area contributed by atoms with E-state index < -0.39 is 0 Å². The van der Waals surface area contributed by atoms with Gasteiger partial charge in [0.25, 0.3) is 0 Å². The molecule has 1 amide bonds. The zero-order valence-electron chi connectivity index (χ0n) is 12.1. The van der Waals surface area contributed by atoms with Gasteiger partial charge in [-0.2, -0.15) is 0 Å². The molecule has 1 aromatic heterocycles. The number of Topliss-reactive ketones (excluding diaryl/α,β-unsaturated/α-hetero) is 1. The summed E-state index contributed by atoms with van der Waals surface area (Å²) in [5.41, 5.74) is 8.16. The molecule has 3 rings (SSSR count). The van der Waals surface area contributed by atoms with Gasteiger partial charge in [0.15, 0.2) is 5.78 Å². The lowest BCUT2D eigenvalue weighted by Crippen LogP contribution is -2.35. The summed E-state index contributed by atoms with van der Waals surface area (Å²) in [4.78, 5) is 28.8. The molecule has 0 bridgehead atoms. The number of nitrogens with one attached hydrogen (secondary N) is 1. The third-order valence-corrected chi connectivity index (χ3v) is 3.93. The van der Waals surface area contributed by atoms with Gasteiger partial charge in [0.1, 0.15) is 0 Å². The lowest BCUT2D eigenvalue weighted by molar-refractivity contribution is -0.125. The van der Waals surface area contributed by atoms with Crippen LogP contribution in [0.5, 0.6) is 0 Å². The minimum absolute atomic E-state index is 0.0736. The van der Waals surface area contributed by atoms with Gasteiger partial charge in [-0.05, 0) is 25.0 Å². The molecule has 0 radical (unpaired) electrons. The highest BCUT2D eigenvalue weighted by Gasteiger charge is 2.27. The number of hydrogen-bond acceptors (Lipinski definition) is 4. The predicted octanol–water partition coefficient (Wildman–Crippen LogP) is 2.43. The molecule has 1 unspecified atom stereocenters. The zero-order valence-corrected chi connectivity index (χ0v) is 12.1. The normalized spacial score (nSPS) is 18.3. The smallest absolute Gasteiger partial charge is 0.227 e. The van der Waals surface area contributed by atoms with Crippen LogP contribution in [0.1, 0.15) is 29.6 Å². The van der Waals surface area contributed by atoms with Crippen molar-refractivity contribution in [3.05, 3.63) is 48.3 Å². The number of nitrogen functional groups attached to an aromatic ring is 1. The van der Waals surface area contributed by atoms with Gasteiger partial charge < -0.3 is 11.1 Å². The van der Waals surface area contributed by atoms with E-state index in [0.29, 0.717) is 29.6 Å². The number of anilines is 1. The quantitative estimate of drug-likeness (QED) is 0.852. The Labute approximate surface area is 128 Å². The second kappa shape index (κ2) is 5.60. The molecule has 1 atom stereocenters.